The van der Waals surface area contributed by atoms with Crippen LogP contribution in [0, 0.1) is 0 Å². The molecule has 0 aromatic heterocycles. The number of esters is 1. The molecule has 2 aliphatic heterocycles. The number of nitrogens with zero attached hydrogens (tertiary/aromatic N) is 3. The fourth-order valence-corrected chi connectivity index (χ4v) is 4.98. The number of carbonyl (C=O) groups is 3. The van der Waals surface area contributed by atoms with Gasteiger partial charge >= 0.3 is 24.2 Å². The smallest absolute Gasteiger partial charge is 0.416 e. The highest BCUT2D eigenvalue weighted by atomic mass is 19.4. The number of likely N-dealkylation sites (N-methyl/N-ethyl adjacent to an activating group) is 1. The van der Waals surface area contributed by atoms with Crippen molar-refractivity contribution >= 4 is 18.0 Å². The van der Waals surface area contributed by atoms with Gasteiger partial charge in [-0.1, -0.05) is 18.2 Å². The Bertz CT molecular complexity index is 1120. The van der Waals surface area contributed by atoms with Crippen LogP contribution in [0.5, 0.6) is 0 Å². The van der Waals surface area contributed by atoms with Crippen molar-refractivity contribution in [3.63, 3.8) is 0 Å². The Labute approximate surface area is 227 Å². The van der Waals surface area contributed by atoms with Gasteiger partial charge in [-0.05, 0) is 53.2 Å². The monoisotopic (exact) mass is 553 g/mol. The first kappa shape index (κ1) is 30.3. The Hall–Kier alpha value is -3.28. The van der Waals surface area contributed by atoms with Gasteiger partial charge in [0.05, 0.1) is 23.8 Å². The van der Waals surface area contributed by atoms with Crippen LogP contribution >= 0.6 is 0 Å². The molecule has 4 amide bonds. The van der Waals surface area contributed by atoms with Gasteiger partial charge in [0.1, 0.15) is 0 Å². The molecule has 12 heteroatoms. The molecule has 39 heavy (non-hydrogen) atoms. The normalized spacial score (nSPS) is 21.1. The molecule has 1 aromatic carbocycles. The minimum atomic E-state index is -4.69. The molecule has 0 radical (unpaired) electrons. The maximum absolute atomic E-state index is 13.9. The first-order chi connectivity index (χ1) is 18.2. The Morgan fingerprint density at radius 3 is 2.36 bits per heavy atom. The van der Waals surface area contributed by atoms with Crippen molar-refractivity contribution in [1.82, 2.24) is 25.3 Å². The lowest BCUT2D eigenvalue weighted by atomic mass is 9.90. The summed E-state index contributed by atoms with van der Waals surface area (Å²) in [5.74, 6) is -0.788. The van der Waals surface area contributed by atoms with E-state index in [1.807, 2.05) is 32.6 Å². The predicted octanol–water partition coefficient (Wildman–Crippen LogP) is 4.12. The number of alkyl halides is 3. The molecule has 1 aromatic rings. The van der Waals surface area contributed by atoms with Gasteiger partial charge in [-0.25, -0.2) is 14.4 Å². The third-order valence-electron chi connectivity index (χ3n) is 6.65. The number of amides is 4. The second-order valence-electron chi connectivity index (χ2n) is 10.8. The van der Waals surface area contributed by atoms with Crippen molar-refractivity contribution in [2.45, 2.75) is 65.3 Å². The largest absolute Gasteiger partial charge is 0.463 e. The molecular formula is C27H38F3N5O4. The van der Waals surface area contributed by atoms with Crippen LogP contribution in [0.2, 0.25) is 0 Å². The molecule has 1 fully saturated rings. The number of nitrogens with one attached hydrogen (secondary N) is 2. The van der Waals surface area contributed by atoms with Crippen molar-refractivity contribution in [1.29, 1.82) is 0 Å². The van der Waals surface area contributed by atoms with E-state index in [9.17, 15) is 27.6 Å². The highest BCUT2D eigenvalue weighted by molar-refractivity contribution is 5.95. The zero-order chi connectivity index (χ0) is 29.1. The molecule has 216 valence electrons. The lowest BCUT2D eigenvalue weighted by Crippen LogP contribution is -2.59. The fourth-order valence-electron chi connectivity index (χ4n) is 4.98. The summed E-state index contributed by atoms with van der Waals surface area (Å²) in [6, 6.07) is 2.59. The zero-order valence-corrected chi connectivity index (χ0v) is 23.3. The molecule has 2 atom stereocenters. The number of urea groups is 2. The van der Waals surface area contributed by atoms with Crippen molar-refractivity contribution < 1.29 is 32.3 Å². The van der Waals surface area contributed by atoms with Crippen LogP contribution < -0.4 is 10.6 Å². The summed E-state index contributed by atoms with van der Waals surface area (Å²) in [6.45, 7) is 12.6. The van der Waals surface area contributed by atoms with Gasteiger partial charge in [0.15, 0.2) is 0 Å². The number of halogens is 3. The molecule has 3 rings (SSSR count). The molecule has 2 N–H and O–H groups in total. The van der Waals surface area contributed by atoms with E-state index in [4.69, 9.17) is 4.74 Å². The maximum atomic E-state index is 13.9. The maximum Gasteiger partial charge on any atom is 0.416 e. The van der Waals surface area contributed by atoms with Gasteiger partial charge in [0.25, 0.3) is 0 Å². The lowest BCUT2D eigenvalue weighted by Gasteiger charge is -2.43. The van der Waals surface area contributed by atoms with Gasteiger partial charge in [0, 0.05) is 50.0 Å². The molecule has 0 spiro atoms. The van der Waals surface area contributed by atoms with E-state index in [-0.39, 0.29) is 42.9 Å². The Balaban J connectivity index is 2.01. The number of hydrogen-bond donors (Lipinski definition) is 2. The first-order valence-corrected chi connectivity index (χ1v) is 13.1. The Morgan fingerprint density at radius 1 is 1.13 bits per heavy atom. The summed E-state index contributed by atoms with van der Waals surface area (Å²) in [7, 11) is 0. The summed E-state index contributed by atoms with van der Waals surface area (Å²) in [6.07, 6.45) is -4.69. The highest BCUT2D eigenvalue weighted by Gasteiger charge is 2.43. The van der Waals surface area contributed by atoms with Crippen molar-refractivity contribution in [2.24, 2.45) is 0 Å². The summed E-state index contributed by atoms with van der Waals surface area (Å²) >= 11 is 0. The second kappa shape index (κ2) is 11.8. The Morgan fingerprint density at radius 2 is 1.79 bits per heavy atom. The van der Waals surface area contributed by atoms with Crippen LogP contribution in [-0.2, 0) is 15.7 Å². The fraction of sp³-hybridized carbons (Fsp3) is 0.593. The minimum absolute atomic E-state index is 0.0158. The molecule has 2 aliphatic rings. The van der Waals surface area contributed by atoms with Crippen molar-refractivity contribution in [2.75, 3.05) is 39.3 Å². The summed E-state index contributed by atoms with van der Waals surface area (Å²) in [5.41, 5.74) is -1.30. The number of benzene rings is 1. The molecule has 9 nitrogen and oxygen atoms in total. The summed E-state index contributed by atoms with van der Waals surface area (Å²) in [5, 5.41) is 5.56. The van der Waals surface area contributed by atoms with Crippen LogP contribution in [0.1, 0.15) is 58.7 Å². The zero-order valence-electron chi connectivity index (χ0n) is 23.3. The van der Waals surface area contributed by atoms with E-state index in [0.717, 1.165) is 6.07 Å². The predicted molar refractivity (Wildman–Crippen MR) is 140 cm³/mol. The van der Waals surface area contributed by atoms with Crippen molar-refractivity contribution in [3.8, 4) is 0 Å². The summed E-state index contributed by atoms with van der Waals surface area (Å²) < 4.78 is 47.1. The van der Waals surface area contributed by atoms with E-state index in [0.29, 0.717) is 25.3 Å². The van der Waals surface area contributed by atoms with Crippen LogP contribution in [-0.4, -0.2) is 83.6 Å². The van der Waals surface area contributed by atoms with Gasteiger partial charge in [-0.15, -0.1) is 0 Å². The van der Waals surface area contributed by atoms with Crippen LogP contribution in [0.25, 0.3) is 0 Å². The van der Waals surface area contributed by atoms with E-state index >= 15 is 0 Å². The Kier molecular flexibility index (Phi) is 9.20. The highest BCUT2D eigenvalue weighted by Crippen LogP contribution is 2.39. The number of hydrogen-bond acceptors (Lipinski definition) is 5. The van der Waals surface area contributed by atoms with Gasteiger partial charge in [-0.3, -0.25) is 9.80 Å². The van der Waals surface area contributed by atoms with Gasteiger partial charge in [-0.2, -0.15) is 13.2 Å². The standard InChI is InChI=1S/C27H38F3N5O4/c1-7-34-20(16-33-13-14-35(17(3)15-33)25(38)32-26(4,5)6)21(23(36)39-8-2)22(31-24(34)37)18-11-9-10-12-19(18)27(28,29)30/h9-12,17,22H,7-8,13-16H2,1-6H3,(H,31,37)(H,32,38). The molecule has 1 saturated heterocycles. The van der Waals surface area contributed by atoms with E-state index in [1.54, 1.807) is 18.7 Å². The van der Waals surface area contributed by atoms with Gasteiger partial charge < -0.3 is 20.3 Å². The number of piperazine rings is 1. The molecule has 2 unspecified atom stereocenters. The molecule has 0 aliphatic carbocycles. The third kappa shape index (κ3) is 7.03. The molecule has 2 heterocycles. The van der Waals surface area contributed by atoms with Crippen LogP contribution in [0.3, 0.4) is 0 Å². The topological polar surface area (TPSA) is 94.2 Å². The van der Waals surface area contributed by atoms with Crippen LogP contribution in [0.15, 0.2) is 35.5 Å². The third-order valence-corrected chi connectivity index (χ3v) is 6.65. The number of ether oxygens (including phenoxy) is 1. The van der Waals surface area contributed by atoms with Gasteiger partial charge in [0.2, 0.25) is 0 Å². The average Bonchev–Trinajstić information content (AvgIpc) is 2.82. The minimum Gasteiger partial charge on any atom is -0.463 e. The van der Waals surface area contributed by atoms with Crippen LogP contribution in [0.4, 0.5) is 22.8 Å². The quantitative estimate of drug-likeness (QED) is 0.517. The lowest BCUT2D eigenvalue weighted by molar-refractivity contribution is -0.141. The molecular weight excluding hydrogens is 515 g/mol. The molecule has 0 bridgehead atoms. The van der Waals surface area contributed by atoms with Crippen molar-refractivity contribution in [3.05, 3.63) is 46.7 Å². The van der Waals surface area contributed by atoms with E-state index < -0.39 is 35.3 Å². The second-order valence-corrected chi connectivity index (χ2v) is 10.8. The summed E-state index contributed by atoms with van der Waals surface area (Å²) in [4.78, 5) is 44.3. The number of carbonyl (C=O) groups excluding carboxylic acids is 3. The molecule has 0 saturated carbocycles. The average molecular weight is 554 g/mol. The van der Waals surface area contributed by atoms with E-state index in [2.05, 4.69) is 10.6 Å². The van der Waals surface area contributed by atoms with E-state index in [1.165, 1.54) is 23.1 Å². The number of rotatable bonds is 6. The first-order valence-electron chi connectivity index (χ1n) is 13.1. The SMILES string of the molecule is CCOC(=O)C1=C(CN2CCN(C(=O)NC(C)(C)C)C(C)C2)N(CC)C(=O)NC1c1ccccc1C(F)(F)F.